The van der Waals surface area contributed by atoms with Crippen LogP contribution in [0, 0.1) is 5.92 Å². The van der Waals surface area contributed by atoms with Crippen LogP contribution in [0.4, 0.5) is 0 Å². The molecular weight excluding hydrogens is 228 g/mol. The zero-order valence-electron chi connectivity index (χ0n) is 11.8. The van der Waals surface area contributed by atoms with Gasteiger partial charge in [-0.15, -0.1) is 0 Å². The monoisotopic (exact) mass is 254 g/mol. The molecule has 0 aromatic heterocycles. The fraction of sp³-hybridized carbons (Fsp3) is 0.846. The third kappa shape index (κ3) is 4.94. The van der Waals surface area contributed by atoms with Crippen molar-refractivity contribution < 1.29 is 4.79 Å². The second-order valence-electron chi connectivity index (χ2n) is 4.88. The molecule has 18 heavy (non-hydrogen) atoms. The van der Waals surface area contributed by atoms with Crippen molar-refractivity contribution in [1.29, 1.82) is 0 Å². The summed E-state index contributed by atoms with van der Waals surface area (Å²) >= 11 is 0. The van der Waals surface area contributed by atoms with Crippen LogP contribution in [0.2, 0.25) is 0 Å². The molecule has 1 heterocycles. The minimum absolute atomic E-state index is 0.0424. The maximum atomic E-state index is 11.4. The molecule has 1 fully saturated rings. The molecule has 0 radical (unpaired) electrons. The first-order valence-electron chi connectivity index (χ1n) is 6.96. The van der Waals surface area contributed by atoms with E-state index < -0.39 is 0 Å². The van der Waals surface area contributed by atoms with E-state index >= 15 is 0 Å². The molecule has 1 aliphatic rings. The van der Waals surface area contributed by atoms with Gasteiger partial charge in [-0.1, -0.05) is 13.8 Å². The summed E-state index contributed by atoms with van der Waals surface area (Å²) in [5.74, 6) is 1.12. The Morgan fingerprint density at radius 2 is 1.94 bits per heavy atom. The summed E-state index contributed by atoms with van der Waals surface area (Å²) in [6.45, 7) is 10.2. The van der Waals surface area contributed by atoms with Crippen LogP contribution in [0.15, 0.2) is 4.99 Å². The van der Waals surface area contributed by atoms with Crippen LogP contribution in [-0.2, 0) is 4.79 Å². The lowest BCUT2D eigenvalue weighted by molar-refractivity contribution is -0.123. The van der Waals surface area contributed by atoms with E-state index in [4.69, 9.17) is 0 Å². The van der Waals surface area contributed by atoms with Crippen molar-refractivity contribution in [3.05, 3.63) is 0 Å². The molecule has 0 atom stereocenters. The van der Waals surface area contributed by atoms with Crippen LogP contribution in [-0.4, -0.2) is 49.5 Å². The van der Waals surface area contributed by atoms with E-state index in [1.807, 2.05) is 13.8 Å². The van der Waals surface area contributed by atoms with Gasteiger partial charge in [0.1, 0.15) is 0 Å². The van der Waals surface area contributed by atoms with Crippen molar-refractivity contribution in [3.63, 3.8) is 0 Å². The molecule has 104 valence electrons. The van der Waals surface area contributed by atoms with Gasteiger partial charge in [0.25, 0.3) is 0 Å². The summed E-state index contributed by atoms with van der Waals surface area (Å²) in [6.07, 6.45) is 2.49. The molecule has 0 spiro atoms. The van der Waals surface area contributed by atoms with Gasteiger partial charge in [-0.25, -0.2) is 0 Å². The molecule has 1 rings (SSSR count). The molecule has 0 unspecified atom stereocenters. The van der Waals surface area contributed by atoms with E-state index in [1.54, 1.807) is 0 Å². The Kier molecular flexibility index (Phi) is 6.54. The molecular formula is C13H26N4O. The highest BCUT2D eigenvalue weighted by atomic mass is 16.1. The number of rotatable bonds is 5. The predicted octanol–water partition coefficient (Wildman–Crippen LogP) is 0.820. The Hall–Kier alpha value is -1.26. The Morgan fingerprint density at radius 1 is 1.28 bits per heavy atom. The lowest BCUT2D eigenvalue weighted by Gasteiger charge is -2.20. The van der Waals surface area contributed by atoms with Gasteiger partial charge in [0, 0.05) is 32.1 Å². The van der Waals surface area contributed by atoms with Crippen molar-refractivity contribution in [1.82, 2.24) is 15.5 Å². The van der Waals surface area contributed by atoms with E-state index in [1.165, 1.54) is 12.8 Å². The van der Waals surface area contributed by atoms with E-state index in [-0.39, 0.29) is 11.8 Å². The Labute approximate surface area is 110 Å². The van der Waals surface area contributed by atoms with Crippen molar-refractivity contribution in [2.24, 2.45) is 10.9 Å². The van der Waals surface area contributed by atoms with Crippen molar-refractivity contribution in [2.45, 2.75) is 33.6 Å². The number of amides is 1. The quantitative estimate of drug-likeness (QED) is 0.434. The van der Waals surface area contributed by atoms with Crippen molar-refractivity contribution in [2.75, 3.05) is 32.7 Å². The van der Waals surface area contributed by atoms with Gasteiger partial charge in [0.2, 0.25) is 5.91 Å². The SMILES string of the molecule is CCNC(=NCCNC(=O)C(C)C)N1CCCC1. The topological polar surface area (TPSA) is 56.7 Å². The van der Waals surface area contributed by atoms with Crippen LogP contribution < -0.4 is 10.6 Å². The second kappa shape index (κ2) is 7.95. The molecule has 0 saturated carbocycles. The second-order valence-corrected chi connectivity index (χ2v) is 4.88. The van der Waals surface area contributed by atoms with E-state index in [2.05, 4.69) is 27.4 Å². The van der Waals surface area contributed by atoms with E-state index in [0.717, 1.165) is 25.6 Å². The lowest BCUT2D eigenvalue weighted by atomic mass is 10.2. The molecule has 0 bridgehead atoms. The number of hydrogen-bond acceptors (Lipinski definition) is 2. The number of hydrogen-bond donors (Lipinski definition) is 2. The Bertz CT molecular complexity index is 283. The van der Waals surface area contributed by atoms with Gasteiger partial charge in [-0.05, 0) is 19.8 Å². The summed E-state index contributed by atoms with van der Waals surface area (Å²) in [5.41, 5.74) is 0. The first kappa shape index (κ1) is 14.8. The highest BCUT2D eigenvalue weighted by Crippen LogP contribution is 2.07. The number of carbonyl (C=O) groups excluding carboxylic acids is 1. The molecule has 5 heteroatoms. The summed E-state index contributed by atoms with van der Waals surface area (Å²) < 4.78 is 0. The third-order valence-corrected chi connectivity index (χ3v) is 2.94. The Morgan fingerprint density at radius 3 is 2.50 bits per heavy atom. The molecule has 0 aromatic carbocycles. The van der Waals surface area contributed by atoms with Crippen LogP contribution in [0.5, 0.6) is 0 Å². The largest absolute Gasteiger partial charge is 0.357 e. The molecule has 2 N–H and O–H groups in total. The number of aliphatic imine (C=N–C) groups is 1. The van der Waals surface area contributed by atoms with Gasteiger partial charge in [0.15, 0.2) is 5.96 Å². The highest BCUT2D eigenvalue weighted by Gasteiger charge is 2.15. The molecule has 5 nitrogen and oxygen atoms in total. The average Bonchev–Trinajstić information content (AvgIpc) is 2.86. The minimum Gasteiger partial charge on any atom is -0.357 e. The fourth-order valence-electron chi connectivity index (χ4n) is 1.90. The molecule has 1 saturated heterocycles. The maximum absolute atomic E-state index is 11.4. The smallest absolute Gasteiger partial charge is 0.222 e. The van der Waals surface area contributed by atoms with Gasteiger partial charge >= 0.3 is 0 Å². The van der Waals surface area contributed by atoms with E-state index in [9.17, 15) is 4.79 Å². The first-order valence-corrected chi connectivity index (χ1v) is 6.96. The first-order chi connectivity index (χ1) is 8.65. The molecule has 1 aliphatic heterocycles. The average molecular weight is 254 g/mol. The summed E-state index contributed by atoms with van der Waals surface area (Å²) in [4.78, 5) is 18.2. The molecule has 0 aromatic rings. The van der Waals surface area contributed by atoms with Crippen molar-refractivity contribution in [3.8, 4) is 0 Å². The third-order valence-electron chi connectivity index (χ3n) is 2.94. The summed E-state index contributed by atoms with van der Waals surface area (Å²) in [7, 11) is 0. The van der Waals surface area contributed by atoms with Gasteiger partial charge in [-0.2, -0.15) is 0 Å². The normalized spacial score (nSPS) is 16.2. The Balaban J connectivity index is 2.33. The minimum atomic E-state index is 0.0424. The zero-order chi connectivity index (χ0) is 13.4. The number of nitrogens with one attached hydrogen (secondary N) is 2. The summed E-state index contributed by atoms with van der Waals surface area (Å²) in [5, 5.41) is 6.18. The predicted molar refractivity (Wildman–Crippen MR) is 74.6 cm³/mol. The zero-order valence-corrected chi connectivity index (χ0v) is 11.8. The lowest BCUT2D eigenvalue weighted by Crippen LogP contribution is -2.40. The van der Waals surface area contributed by atoms with Crippen LogP contribution in [0.25, 0.3) is 0 Å². The number of likely N-dealkylation sites (tertiary alicyclic amines) is 1. The van der Waals surface area contributed by atoms with Crippen LogP contribution in [0.3, 0.4) is 0 Å². The van der Waals surface area contributed by atoms with Crippen LogP contribution in [0.1, 0.15) is 33.6 Å². The highest BCUT2D eigenvalue weighted by molar-refractivity contribution is 5.80. The van der Waals surface area contributed by atoms with Gasteiger partial charge < -0.3 is 15.5 Å². The number of nitrogens with zero attached hydrogens (tertiary/aromatic N) is 2. The standard InChI is InChI=1S/C13H26N4O/c1-4-14-13(17-9-5-6-10-17)16-8-7-15-12(18)11(2)3/h11H,4-10H2,1-3H3,(H,14,16)(H,15,18). The molecule has 1 amide bonds. The molecule has 0 aliphatic carbocycles. The maximum Gasteiger partial charge on any atom is 0.222 e. The van der Waals surface area contributed by atoms with Gasteiger partial charge in [0.05, 0.1) is 6.54 Å². The van der Waals surface area contributed by atoms with Crippen molar-refractivity contribution >= 4 is 11.9 Å². The number of guanidine groups is 1. The van der Waals surface area contributed by atoms with Crippen LogP contribution >= 0.6 is 0 Å². The number of carbonyl (C=O) groups is 1. The van der Waals surface area contributed by atoms with Gasteiger partial charge in [-0.3, -0.25) is 9.79 Å². The summed E-state index contributed by atoms with van der Waals surface area (Å²) in [6, 6.07) is 0. The fourth-order valence-corrected chi connectivity index (χ4v) is 1.90. The van der Waals surface area contributed by atoms with E-state index in [0.29, 0.717) is 13.1 Å².